The normalized spacial score (nSPS) is 10.9. The van der Waals surface area contributed by atoms with Crippen molar-refractivity contribution < 1.29 is 19.0 Å². The molecule has 1 amide bonds. The molecule has 32 heavy (non-hydrogen) atoms. The maximum atomic E-state index is 12.5. The van der Waals surface area contributed by atoms with Gasteiger partial charge >= 0.3 is 0 Å². The lowest BCUT2D eigenvalue weighted by Gasteiger charge is -2.15. The molecule has 0 atom stereocenters. The molecule has 3 rings (SSSR count). The van der Waals surface area contributed by atoms with E-state index in [1.807, 2.05) is 57.2 Å². The van der Waals surface area contributed by atoms with E-state index in [4.69, 9.17) is 14.2 Å². The fourth-order valence-electron chi connectivity index (χ4n) is 2.87. The smallest absolute Gasteiger partial charge is 0.291 e. The highest BCUT2D eigenvalue weighted by atomic mass is 16.5. The minimum absolute atomic E-state index is 0.0454. The number of carbonyl (C=O) groups is 1. The molecule has 2 aromatic carbocycles. The second-order valence-corrected chi connectivity index (χ2v) is 7.02. The summed E-state index contributed by atoms with van der Waals surface area (Å²) in [5.74, 6) is 1.53. The summed E-state index contributed by atoms with van der Waals surface area (Å²) in [5, 5.41) is 4.00. The number of ether oxygens (including phenoxy) is 3. The van der Waals surface area contributed by atoms with Gasteiger partial charge in [-0.05, 0) is 50.6 Å². The van der Waals surface area contributed by atoms with Crippen molar-refractivity contribution in [1.82, 2.24) is 15.4 Å². The maximum Gasteiger partial charge on any atom is 0.291 e. The SMILES string of the molecule is CCOc1ccc(-c2cncc(C(=O)NN=Cc3cccc(OC)c3)n2)c(OC(C)C)c1. The molecule has 0 fully saturated rings. The first-order valence-corrected chi connectivity index (χ1v) is 10.2. The summed E-state index contributed by atoms with van der Waals surface area (Å²) in [6, 6.07) is 12.8. The van der Waals surface area contributed by atoms with Gasteiger partial charge < -0.3 is 14.2 Å². The first kappa shape index (κ1) is 22.7. The monoisotopic (exact) mass is 434 g/mol. The van der Waals surface area contributed by atoms with Crippen LogP contribution in [-0.4, -0.2) is 41.9 Å². The number of rotatable bonds is 9. The Bertz CT molecular complexity index is 1100. The summed E-state index contributed by atoms with van der Waals surface area (Å²) < 4.78 is 16.7. The van der Waals surface area contributed by atoms with Crippen LogP contribution in [0.15, 0.2) is 60.0 Å². The lowest BCUT2D eigenvalue weighted by Crippen LogP contribution is -2.19. The van der Waals surface area contributed by atoms with Gasteiger partial charge in [0.25, 0.3) is 5.91 Å². The van der Waals surface area contributed by atoms with Crippen LogP contribution in [0.25, 0.3) is 11.3 Å². The number of aromatic nitrogens is 2. The van der Waals surface area contributed by atoms with Crippen LogP contribution in [0.3, 0.4) is 0 Å². The molecule has 0 saturated heterocycles. The molecule has 166 valence electrons. The van der Waals surface area contributed by atoms with Crippen molar-refractivity contribution >= 4 is 12.1 Å². The van der Waals surface area contributed by atoms with E-state index < -0.39 is 5.91 Å². The number of hydrogen-bond donors (Lipinski definition) is 1. The van der Waals surface area contributed by atoms with Crippen LogP contribution in [0, 0.1) is 0 Å². The number of carbonyl (C=O) groups excluding carboxylic acids is 1. The predicted molar refractivity (Wildman–Crippen MR) is 122 cm³/mol. The Morgan fingerprint density at radius 3 is 2.75 bits per heavy atom. The van der Waals surface area contributed by atoms with Crippen molar-refractivity contribution in [3.05, 3.63) is 66.1 Å². The van der Waals surface area contributed by atoms with Crippen LogP contribution in [0.1, 0.15) is 36.8 Å². The number of benzene rings is 2. The minimum atomic E-state index is -0.476. The molecular weight excluding hydrogens is 408 g/mol. The van der Waals surface area contributed by atoms with Crippen LogP contribution < -0.4 is 19.6 Å². The van der Waals surface area contributed by atoms with E-state index in [9.17, 15) is 4.79 Å². The van der Waals surface area contributed by atoms with E-state index in [1.165, 1.54) is 12.4 Å². The summed E-state index contributed by atoms with van der Waals surface area (Å²) in [4.78, 5) is 21.2. The Labute approximate surface area is 187 Å². The molecule has 8 heteroatoms. The predicted octanol–water partition coefficient (Wildman–Crippen LogP) is 4.10. The summed E-state index contributed by atoms with van der Waals surface area (Å²) in [5.41, 5.74) is 4.61. The van der Waals surface area contributed by atoms with Crippen LogP contribution in [0.4, 0.5) is 0 Å². The molecular formula is C24H26N4O4. The summed E-state index contributed by atoms with van der Waals surface area (Å²) in [7, 11) is 1.59. The first-order chi connectivity index (χ1) is 15.5. The van der Waals surface area contributed by atoms with Crippen LogP contribution in [0.2, 0.25) is 0 Å². The lowest BCUT2D eigenvalue weighted by molar-refractivity contribution is 0.0950. The van der Waals surface area contributed by atoms with Crippen LogP contribution in [-0.2, 0) is 0 Å². The minimum Gasteiger partial charge on any atom is -0.497 e. The molecule has 1 N–H and O–H groups in total. The third kappa shape index (κ3) is 6.04. The molecule has 0 aliphatic carbocycles. The Hall–Kier alpha value is -3.94. The van der Waals surface area contributed by atoms with Gasteiger partial charge in [-0.1, -0.05) is 12.1 Å². The fourth-order valence-corrected chi connectivity index (χ4v) is 2.87. The molecule has 1 heterocycles. The molecule has 3 aromatic rings. The first-order valence-electron chi connectivity index (χ1n) is 10.2. The van der Waals surface area contributed by atoms with Gasteiger partial charge in [-0.25, -0.2) is 10.4 Å². The number of amides is 1. The number of hydrogen-bond acceptors (Lipinski definition) is 7. The Morgan fingerprint density at radius 2 is 2.00 bits per heavy atom. The van der Waals surface area contributed by atoms with E-state index in [-0.39, 0.29) is 11.8 Å². The summed E-state index contributed by atoms with van der Waals surface area (Å²) >= 11 is 0. The van der Waals surface area contributed by atoms with Crippen molar-refractivity contribution in [3.63, 3.8) is 0 Å². The van der Waals surface area contributed by atoms with Gasteiger partial charge in [0.15, 0.2) is 0 Å². The maximum absolute atomic E-state index is 12.5. The molecule has 0 aliphatic rings. The van der Waals surface area contributed by atoms with Gasteiger partial charge in [0.1, 0.15) is 22.9 Å². The Morgan fingerprint density at radius 1 is 1.16 bits per heavy atom. The van der Waals surface area contributed by atoms with Gasteiger partial charge in [0, 0.05) is 11.6 Å². The van der Waals surface area contributed by atoms with Crippen LogP contribution >= 0.6 is 0 Å². The highest BCUT2D eigenvalue weighted by molar-refractivity contribution is 5.93. The highest BCUT2D eigenvalue weighted by Crippen LogP contribution is 2.33. The zero-order valence-electron chi connectivity index (χ0n) is 18.5. The zero-order chi connectivity index (χ0) is 22.9. The highest BCUT2D eigenvalue weighted by Gasteiger charge is 2.14. The molecule has 0 saturated carbocycles. The number of nitrogens with zero attached hydrogens (tertiary/aromatic N) is 3. The van der Waals surface area contributed by atoms with Gasteiger partial charge in [-0.15, -0.1) is 0 Å². The average Bonchev–Trinajstić information content (AvgIpc) is 2.79. The fraction of sp³-hybridized carbons (Fsp3) is 0.250. The zero-order valence-corrected chi connectivity index (χ0v) is 18.5. The van der Waals surface area contributed by atoms with Crippen molar-refractivity contribution in [3.8, 4) is 28.5 Å². The van der Waals surface area contributed by atoms with E-state index in [1.54, 1.807) is 19.4 Å². The summed E-state index contributed by atoms with van der Waals surface area (Å²) in [6.45, 7) is 6.34. The number of nitrogens with one attached hydrogen (secondary N) is 1. The number of hydrazone groups is 1. The van der Waals surface area contributed by atoms with Gasteiger partial charge in [0.05, 0.1) is 44.1 Å². The van der Waals surface area contributed by atoms with Crippen LogP contribution in [0.5, 0.6) is 17.2 Å². The Balaban J connectivity index is 1.80. The van der Waals surface area contributed by atoms with E-state index >= 15 is 0 Å². The molecule has 0 spiro atoms. The third-order valence-corrected chi connectivity index (χ3v) is 4.24. The molecule has 8 nitrogen and oxygen atoms in total. The second-order valence-electron chi connectivity index (χ2n) is 7.02. The second kappa shape index (κ2) is 10.9. The average molecular weight is 434 g/mol. The molecule has 0 aliphatic heterocycles. The molecule has 1 aromatic heterocycles. The van der Waals surface area contributed by atoms with E-state index in [0.717, 1.165) is 5.56 Å². The largest absolute Gasteiger partial charge is 0.497 e. The lowest BCUT2D eigenvalue weighted by atomic mass is 10.1. The third-order valence-electron chi connectivity index (χ3n) is 4.24. The Kier molecular flexibility index (Phi) is 7.75. The van der Waals surface area contributed by atoms with Gasteiger partial charge in [0.2, 0.25) is 0 Å². The van der Waals surface area contributed by atoms with Crippen molar-refractivity contribution in [1.29, 1.82) is 0 Å². The molecule has 0 radical (unpaired) electrons. The topological polar surface area (TPSA) is 94.9 Å². The van der Waals surface area contributed by atoms with E-state index in [0.29, 0.717) is 35.1 Å². The number of methoxy groups -OCH3 is 1. The van der Waals surface area contributed by atoms with Crippen molar-refractivity contribution in [2.45, 2.75) is 26.9 Å². The van der Waals surface area contributed by atoms with Crippen molar-refractivity contribution in [2.24, 2.45) is 5.10 Å². The van der Waals surface area contributed by atoms with E-state index in [2.05, 4.69) is 20.5 Å². The standard InChI is InChI=1S/C24H26N4O4/c1-5-31-19-9-10-20(23(12-19)32-16(2)3)21-14-25-15-22(27-21)24(29)28-26-13-17-7-6-8-18(11-17)30-4/h6-16H,5H2,1-4H3,(H,28,29). The van der Waals surface area contributed by atoms with Gasteiger partial charge in [-0.3, -0.25) is 9.78 Å². The summed E-state index contributed by atoms with van der Waals surface area (Å²) in [6.07, 6.45) is 4.45. The van der Waals surface area contributed by atoms with Gasteiger partial charge in [-0.2, -0.15) is 5.10 Å². The molecule has 0 unspecified atom stereocenters. The molecule has 0 bridgehead atoms. The quantitative estimate of drug-likeness (QED) is 0.402. The van der Waals surface area contributed by atoms with Crippen molar-refractivity contribution in [2.75, 3.05) is 13.7 Å².